The Morgan fingerprint density at radius 3 is 3.09 bits per heavy atom. The molecule has 1 amide bonds. The topological polar surface area (TPSA) is 59.8 Å². The number of hydrogen-bond donors (Lipinski definition) is 2. The number of nitrogens with one attached hydrogen (secondary N) is 2. The quantitative estimate of drug-likeness (QED) is 0.793. The van der Waals surface area contributed by atoms with Crippen LogP contribution in [0, 0.1) is 12.8 Å². The van der Waals surface area contributed by atoms with Gasteiger partial charge in [-0.25, -0.2) is 0 Å². The van der Waals surface area contributed by atoms with E-state index in [9.17, 15) is 9.59 Å². The summed E-state index contributed by atoms with van der Waals surface area (Å²) in [5.41, 5.74) is 2.48. The fourth-order valence-corrected chi connectivity index (χ4v) is 5.00. The molecule has 1 spiro atoms. The molecular weight excluding hydrogens is 292 g/mol. The number of anilines is 1. The number of quaternary nitrogens is 1. The van der Waals surface area contributed by atoms with Gasteiger partial charge in [-0.3, -0.25) is 9.59 Å². The summed E-state index contributed by atoms with van der Waals surface area (Å²) >= 11 is 0. The van der Waals surface area contributed by atoms with Crippen molar-refractivity contribution < 1.29 is 19.2 Å². The number of para-hydroxylation sites is 1. The van der Waals surface area contributed by atoms with Gasteiger partial charge in [0.2, 0.25) is 5.54 Å². The highest BCUT2D eigenvalue weighted by atomic mass is 16.5. The van der Waals surface area contributed by atoms with Crippen molar-refractivity contribution >= 4 is 17.6 Å². The molecule has 0 bridgehead atoms. The third-order valence-electron chi connectivity index (χ3n) is 5.92. The summed E-state index contributed by atoms with van der Waals surface area (Å²) in [7, 11) is 0. The van der Waals surface area contributed by atoms with Gasteiger partial charge in [0.15, 0.2) is 0 Å². The number of ether oxygens (including phenoxy) is 1. The molecule has 1 aromatic rings. The molecule has 0 radical (unpaired) electrons. The SMILES string of the molecule is CCOC(=O)[C@@H]1C[C@]2(C(=O)Nc3c(C)cccc32)[NH+]2CCC[C@@H]12. The van der Waals surface area contributed by atoms with E-state index in [4.69, 9.17) is 4.74 Å². The van der Waals surface area contributed by atoms with E-state index in [2.05, 4.69) is 11.4 Å². The molecule has 2 saturated heterocycles. The van der Waals surface area contributed by atoms with Crippen LogP contribution in [-0.4, -0.2) is 31.1 Å². The first-order valence-corrected chi connectivity index (χ1v) is 8.54. The van der Waals surface area contributed by atoms with E-state index in [1.807, 2.05) is 26.0 Å². The maximum atomic E-state index is 13.0. The van der Waals surface area contributed by atoms with Crippen LogP contribution in [0.5, 0.6) is 0 Å². The Labute approximate surface area is 136 Å². The predicted octanol–water partition coefficient (Wildman–Crippen LogP) is 0.773. The van der Waals surface area contributed by atoms with Crippen LogP contribution in [0.4, 0.5) is 5.69 Å². The van der Waals surface area contributed by atoms with E-state index < -0.39 is 5.54 Å². The average molecular weight is 315 g/mol. The van der Waals surface area contributed by atoms with Crippen molar-refractivity contribution in [2.75, 3.05) is 18.5 Å². The summed E-state index contributed by atoms with van der Waals surface area (Å²) in [4.78, 5) is 26.7. The minimum absolute atomic E-state index is 0.0514. The van der Waals surface area contributed by atoms with Crippen molar-refractivity contribution in [2.24, 2.45) is 5.92 Å². The molecule has 2 N–H and O–H groups in total. The molecule has 4 atom stereocenters. The third kappa shape index (κ3) is 1.83. The first kappa shape index (κ1) is 14.7. The number of aryl methyl sites for hydroxylation is 1. The number of esters is 1. The van der Waals surface area contributed by atoms with Crippen LogP contribution in [0.1, 0.15) is 37.3 Å². The van der Waals surface area contributed by atoms with Gasteiger partial charge in [-0.15, -0.1) is 0 Å². The first-order chi connectivity index (χ1) is 11.1. The lowest BCUT2D eigenvalue weighted by Crippen LogP contribution is -3.19. The Hall–Kier alpha value is -1.88. The fourth-order valence-electron chi connectivity index (χ4n) is 5.00. The lowest BCUT2D eigenvalue weighted by atomic mass is 9.84. The Bertz CT molecular complexity index is 687. The van der Waals surface area contributed by atoms with Crippen LogP contribution in [0.2, 0.25) is 0 Å². The fraction of sp³-hybridized carbons (Fsp3) is 0.556. The maximum absolute atomic E-state index is 13.0. The standard InChI is InChI=1S/C18H22N2O3/c1-3-23-16(21)12-10-18(20-9-5-8-14(12)20)13-7-4-6-11(2)15(13)19-17(18)22/h4,6-7,12,14H,3,5,8-10H2,1-2H3,(H,19,22)/p+1/t12-,14+,18+/m1/s1. The van der Waals surface area contributed by atoms with E-state index in [0.29, 0.717) is 13.0 Å². The summed E-state index contributed by atoms with van der Waals surface area (Å²) in [6.45, 7) is 5.20. The van der Waals surface area contributed by atoms with E-state index in [0.717, 1.165) is 36.2 Å². The number of carbonyl (C=O) groups is 2. The summed E-state index contributed by atoms with van der Waals surface area (Å²) in [6.07, 6.45) is 2.62. The second-order valence-corrected chi connectivity index (χ2v) is 6.94. The molecular formula is C18H23N2O3+. The van der Waals surface area contributed by atoms with Crippen molar-refractivity contribution in [1.82, 2.24) is 0 Å². The Kier molecular flexibility index (Phi) is 3.23. The molecule has 1 unspecified atom stereocenters. The lowest BCUT2D eigenvalue weighted by molar-refractivity contribution is -0.947. The van der Waals surface area contributed by atoms with Crippen molar-refractivity contribution in [3.8, 4) is 0 Å². The number of fused-ring (bicyclic) bond motifs is 4. The van der Waals surface area contributed by atoms with Gasteiger partial charge in [0.05, 0.1) is 18.8 Å². The zero-order valence-corrected chi connectivity index (χ0v) is 13.6. The van der Waals surface area contributed by atoms with Crippen LogP contribution in [0.15, 0.2) is 18.2 Å². The monoisotopic (exact) mass is 315 g/mol. The lowest BCUT2D eigenvalue weighted by Gasteiger charge is -2.29. The number of carbonyl (C=O) groups excluding carboxylic acids is 2. The average Bonchev–Trinajstić information content (AvgIpc) is 3.17. The molecule has 3 aliphatic rings. The zero-order chi connectivity index (χ0) is 16.2. The van der Waals surface area contributed by atoms with Crippen molar-refractivity contribution in [3.63, 3.8) is 0 Å². The van der Waals surface area contributed by atoms with Crippen LogP contribution in [0.25, 0.3) is 0 Å². The number of hydrogen-bond acceptors (Lipinski definition) is 3. The van der Waals surface area contributed by atoms with Gasteiger partial charge in [0.25, 0.3) is 5.91 Å². The largest absolute Gasteiger partial charge is 0.466 e. The van der Waals surface area contributed by atoms with E-state index in [1.54, 1.807) is 0 Å². The highest BCUT2D eigenvalue weighted by Gasteiger charge is 2.67. The Morgan fingerprint density at radius 1 is 1.48 bits per heavy atom. The molecule has 4 rings (SSSR count). The normalized spacial score (nSPS) is 34.3. The predicted molar refractivity (Wildman–Crippen MR) is 85.1 cm³/mol. The molecule has 5 nitrogen and oxygen atoms in total. The smallest absolute Gasteiger partial charge is 0.315 e. The molecule has 3 heterocycles. The minimum Gasteiger partial charge on any atom is -0.466 e. The summed E-state index contributed by atoms with van der Waals surface area (Å²) in [6, 6.07) is 6.28. The Balaban J connectivity index is 1.81. The van der Waals surface area contributed by atoms with Crippen molar-refractivity contribution in [1.29, 1.82) is 0 Å². The van der Waals surface area contributed by atoms with Gasteiger partial charge in [-0.05, 0) is 19.4 Å². The van der Waals surface area contributed by atoms with Crippen LogP contribution >= 0.6 is 0 Å². The third-order valence-corrected chi connectivity index (χ3v) is 5.92. The molecule has 0 aliphatic carbocycles. The molecule has 2 fully saturated rings. The minimum atomic E-state index is -0.611. The van der Waals surface area contributed by atoms with Gasteiger partial charge < -0.3 is 15.0 Å². The molecule has 5 heteroatoms. The van der Waals surface area contributed by atoms with E-state index in [1.165, 1.54) is 4.90 Å². The molecule has 1 aromatic carbocycles. The van der Waals surface area contributed by atoms with Crippen LogP contribution < -0.4 is 10.2 Å². The molecule has 3 aliphatic heterocycles. The first-order valence-electron chi connectivity index (χ1n) is 8.54. The van der Waals surface area contributed by atoms with Gasteiger partial charge in [0.1, 0.15) is 12.0 Å². The molecule has 0 aromatic heterocycles. The number of benzene rings is 1. The molecule has 122 valence electrons. The Morgan fingerprint density at radius 2 is 2.30 bits per heavy atom. The second-order valence-electron chi connectivity index (χ2n) is 6.94. The highest BCUT2D eigenvalue weighted by molar-refractivity contribution is 6.06. The number of rotatable bonds is 2. The van der Waals surface area contributed by atoms with Crippen LogP contribution in [-0.2, 0) is 19.9 Å². The van der Waals surface area contributed by atoms with Crippen LogP contribution in [0.3, 0.4) is 0 Å². The van der Waals surface area contributed by atoms with Gasteiger partial charge in [-0.1, -0.05) is 18.2 Å². The van der Waals surface area contributed by atoms with Gasteiger partial charge >= 0.3 is 5.97 Å². The van der Waals surface area contributed by atoms with Gasteiger partial charge in [-0.2, -0.15) is 0 Å². The summed E-state index contributed by atoms with van der Waals surface area (Å²) < 4.78 is 5.30. The molecule has 23 heavy (non-hydrogen) atoms. The zero-order valence-electron chi connectivity index (χ0n) is 13.6. The summed E-state index contributed by atoms with van der Waals surface area (Å²) in [5, 5.41) is 3.09. The maximum Gasteiger partial charge on any atom is 0.315 e. The van der Waals surface area contributed by atoms with E-state index in [-0.39, 0.29) is 23.8 Å². The van der Waals surface area contributed by atoms with Crippen molar-refractivity contribution in [2.45, 2.75) is 44.7 Å². The van der Waals surface area contributed by atoms with E-state index >= 15 is 0 Å². The highest BCUT2D eigenvalue weighted by Crippen LogP contribution is 2.45. The van der Waals surface area contributed by atoms with Gasteiger partial charge in [0, 0.05) is 24.8 Å². The molecule has 0 saturated carbocycles. The second kappa shape index (κ2) is 5.06. The summed E-state index contributed by atoms with van der Waals surface area (Å²) in [5.74, 6) is -0.261. The number of amides is 1. The van der Waals surface area contributed by atoms with Crippen molar-refractivity contribution in [3.05, 3.63) is 29.3 Å².